The van der Waals surface area contributed by atoms with Gasteiger partial charge in [0.2, 0.25) is 17.7 Å². The maximum atomic E-state index is 11.6. The van der Waals surface area contributed by atoms with Crippen LogP contribution < -0.4 is 22.3 Å². The summed E-state index contributed by atoms with van der Waals surface area (Å²) in [6, 6.07) is -0.629. The highest BCUT2D eigenvalue weighted by molar-refractivity contribution is 5.86. The van der Waals surface area contributed by atoms with Crippen molar-refractivity contribution in [2.45, 2.75) is 52.0 Å². The highest BCUT2D eigenvalue weighted by atomic mass is 16.2. The SMILES string of the molecule is CC(C)[C@H](NC(=O)CCCCCC(=O)NN)C(N)=O. The zero-order valence-electron chi connectivity index (χ0n) is 11.6. The summed E-state index contributed by atoms with van der Waals surface area (Å²) in [6.45, 7) is 3.64. The second kappa shape index (κ2) is 9.32. The van der Waals surface area contributed by atoms with Gasteiger partial charge in [0.05, 0.1) is 0 Å². The third-order valence-electron chi connectivity index (χ3n) is 2.76. The Kier molecular flexibility index (Phi) is 8.52. The molecule has 0 aromatic rings. The fourth-order valence-electron chi connectivity index (χ4n) is 1.63. The average Bonchev–Trinajstić information content (AvgIpc) is 2.34. The van der Waals surface area contributed by atoms with Crippen molar-refractivity contribution >= 4 is 17.7 Å². The Labute approximate surface area is 113 Å². The summed E-state index contributed by atoms with van der Waals surface area (Å²) in [6.07, 6.45) is 2.77. The molecule has 7 heteroatoms. The molecule has 0 aliphatic heterocycles. The van der Waals surface area contributed by atoms with Crippen LogP contribution in [0.5, 0.6) is 0 Å². The third-order valence-corrected chi connectivity index (χ3v) is 2.76. The van der Waals surface area contributed by atoms with E-state index in [1.54, 1.807) is 0 Å². The molecular weight excluding hydrogens is 248 g/mol. The van der Waals surface area contributed by atoms with Crippen LogP contribution in [0.2, 0.25) is 0 Å². The fourth-order valence-corrected chi connectivity index (χ4v) is 1.63. The molecule has 0 radical (unpaired) electrons. The first-order chi connectivity index (χ1) is 8.88. The van der Waals surface area contributed by atoms with Crippen molar-refractivity contribution < 1.29 is 14.4 Å². The standard InChI is InChI=1S/C12H24N4O3/c1-8(2)11(12(13)19)15-9(17)6-4-3-5-7-10(18)16-14/h8,11H,3-7,14H2,1-2H3,(H2,13,19)(H,15,17)(H,16,18)/t11-/m0/s1. The van der Waals surface area contributed by atoms with E-state index in [1.165, 1.54) is 0 Å². The first-order valence-corrected chi connectivity index (χ1v) is 6.46. The topological polar surface area (TPSA) is 127 Å². The molecule has 110 valence electrons. The van der Waals surface area contributed by atoms with Crippen LogP contribution in [0.3, 0.4) is 0 Å². The molecule has 0 aliphatic rings. The number of primary amides is 1. The predicted octanol–water partition coefficient (Wildman–Crippen LogP) is -0.447. The van der Waals surface area contributed by atoms with Crippen LogP contribution in [-0.2, 0) is 14.4 Å². The summed E-state index contributed by atoms with van der Waals surface area (Å²) in [4.78, 5) is 33.5. The van der Waals surface area contributed by atoms with Crippen LogP contribution in [0.25, 0.3) is 0 Å². The molecule has 0 unspecified atom stereocenters. The summed E-state index contributed by atoms with van der Waals surface area (Å²) < 4.78 is 0. The molecule has 3 amide bonds. The summed E-state index contributed by atoms with van der Waals surface area (Å²) >= 11 is 0. The first-order valence-electron chi connectivity index (χ1n) is 6.46. The molecular formula is C12H24N4O3. The van der Waals surface area contributed by atoms with Crippen molar-refractivity contribution in [1.29, 1.82) is 0 Å². The van der Waals surface area contributed by atoms with Gasteiger partial charge in [-0.15, -0.1) is 0 Å². The van der Waals surface area contributed by atoms with E-state index in [2.05, 4.69) is 5.32 Å². The maximum Gasteiger partial charge on any atom is 0.240 e. The Bertz CT molecular complexity index is 318. The monoisotopic (exact) mass is 272 g/mol. The number of carbonyl (C=O) groups is 3. The van der Waals surface area contributed by atoms with Gasteiger partial charge in [-0.3, -0.25) is 19.8 Å². The van der Waals surface area contributed by atoms with Gasteiger partial charge in [-0.05, 0) is 18.8 Å². The number of nitrogens with one attached hydrogen (secondary N) is 2. The molecule has 0 aromatic heterocycles. The predicted molar refractivity (Wildman–Crippen MR) is 71.4 cm³/mol. The van der Waals surface area contributed by atoms with Crippen LogP contribution in [0.4, 0.5) is 0 Å². The van der Waals surface area contributed by atoms with Gasteiger partial charge in [0.15, 0.2) is 0 Å². The van der Waals surface area contributed by atoms with Gasteiger partial charge >= 0.3 is 0 Å². The molecule has 0 rings (SSSR count). The first kappa shape index (κ1) is 17.4. The van der Waals surface area contributed by atoms with Gasteiger partial charge in [-0.1, -0.05) is 20.3 Å². The summed E-state index contributed by atoms with van der Waals surface area (Å²) in [7, 11) is 0. The van der Waals surface area contributed by atoms with Gasteiger partial charge in [0, 0.05) is 12.8 Å². The molecule has 0 saturated carbocycles. The Balaban J connectivity index is 3.80. The number of amides is 3. The van der Waals surface area contributed by atoms with Crippen LogP contribution >= 0.6 is 0 Å². The lowest BCUT2D eigenvalue weighted by Crippen LogP contribution is -2.47. The van der Waals surface area contributed by atoms with E-state index in [-0.39, 0.29) is 17.7 Å². The highest BCUT2D eigenvalue weighted by Gasteiger charge is 2.21. The van der Waals surface area contributed by atoms with Gasteiger partial charge < -0.3 is 11.1 Å². The van der Waals surface area contributed by atoms with Crippen molar-refractivity contribution in [2.24, 2.45) is 17.5 Å². The van der Waals surface area contributed by atoms with Gasteiger partial charge in [0.1, 0.15) is 6.04 Å². The molecule has 19 heavy (non-hydrogen) atoms. The largest absolute Gasteiger partial charge is 0.368 e. The molecule has 0 aliphatic carbocycles. The lowest BCUT2D eigenvalue weighted by molar-refractivity contribution is -0.128. The van der Waals surface area contributed by atoms with Crippen LogP contribution in [0, 0.1) is 5.92 Å². The van der Waals surface area contributed by atoms with E-state index in [9.17, 15) is 14.4 Å². The zero-order valence-corrected chi connectivity index (χ0v) is 11.6. The highest BCUT2D eigenvalue weighted by Crippen LogP contribution is 2.05. The van der Waals surface area contributed by atoms with Gasteiger partial charge in [-0.25, -0.2) is 5.84 Å². The molecule has 0 aromatic carbocycles. The minimum absolute atomic E-state index is 0.0327. The van der Waals surface area contributed by atoms with Gasteiger partial charge in [-0.2, -0.15) is 0 Å². The molecule has 0 bridgehead atoms. The van der Waals surface area contributed by atoms with E-state index >= 15 is 0 Å². The molecule has 6 N–H and O–H groups in total. The lowest BCUT2D eigenvalue weighted by Gasteiger charge is -2.18. The van der Waals surface area contributed by atoms with Crippen LogP contribution in [0.15, 0.2) is 0 Å². The van der Waals surface area contributed by atoms with Gasteiger partial charge in [0.25, 0.3) is 0 Å². The fraction of sp³-hybridized carbons (Fsp3) is 0.750. The van der Waals surface area contributed by atoms with E-state index in [0.717, 1.165) is 6.42 Å². The molecule has 7 nitrogen and oxygen atoms in total. The molecule has 0 heterocycles. The summed E-state index contributed by atoms with van der Waals surface area (Å²) in [5, 5.41) is 2.61. The molecule has 0 saturated heterocycles. The molecule has 0 spiro atoms. The number of hydrogen-bond donors (Lipinski definition) is 4. The molecule has 1 atom stereocenters. The zero-order chi connectivity index (χ0) is 14.8. The third kappa shape index (κ3) is 8.15. The Morgan fingerprint density at radius 1 is 1.00 bits per heavy atom. The number of nitrogens with two attached hydrogens (primary N) is 2. The van der Waals surface area contributed by atoms with E-state index in [0.29, 0.717) is 25.7 Å². The maximum absolute atomic E-state index is 11.6. The van der Waals surface area contributed by atoms with Crippen molar-refractivity contribution in [2.75, 3.05) is 0 Å². The van der Waals surface area contributed by atoms with Crippen LogP contribution in [-0.4, -0.2) is 23.8 Å². The lowest BCUT2D eigenvalue weighted by atomic mass is 10.0. The minimum atomic E-state index is -0.629. The number of carbonyl (C=O) groups excluding carboxylic acids is 3. The average molecular weight is 272 g/mol. The minimum Gasteiger partial charge on any atom is -0.368 e. The Hall–Kier alpha value is -1.63. The van der Waals surface area contributed by atoms with Crippen molar-refractivity contribution in [3.63, 3.8) is 0 Å². The Morgan fingerprint density at radius 2 is 1.53 bits per heavy atom. The number of rotatable bonds is 9. The molecule has 0 fully saturated rings. The van der Waals surface area contributed by atoms with Crippen molar-refractivity contribution in [3.8, 4) is 0 Å². The quantitative estimate of drug-likeness (QED) is 0.196. The second-order valence-corrected chi connectivity index (χ2v) is 4.82. The van der Waals surface area contributed by atoms with Crippen molar-refractivity contribution in [1.82, 2.24) is 10.7 Å². The van der Waals surface area contributed by atoms with Crippen molar-refractivity contribution in [3.05, 3.63) is 0 Å². The van der Waals surface area contributed by atoms with E-state index < -0.39 is 11.9 Å². The summed E-state index contributed by atoms with van der Waals surface area (Å²) in [5.41, 5.74) is 7.25. The van der Waals surface area contributed by atoms with Crippen LogP contribution in [0.1, 0.15) is 46.0 Å². The Morgan fingerprint density at radius 3 is 1.95 bits per heavy atom. The number of hydrazine groups is 1. The number of hydrogen-bond acceptors (Lipinski definition) is 4. The normalized spacial score (nSPS) is 12.0. The van der Waals surface area contributed by atoms with E-state index in [1.807, 2.05) is 19.3 Å². The summed E-state index contributed by atoms with van der Waals surface area (Å²) in [5.74, 6) is 3.98. The second-order valence-electron chi connectivity index (χ2n) is 4.82. The smallest absolute Gasteiger partial charge is 0.240 e. The van der Waals surface area contributed by atoms with E-state index in [4.69, 9.17) is 11.6 Å². The number of unbranched alkanes of at least 4 members (excludes halogenated alkanes) is 2.